The van der Waals surface area contributed by atoms with Crippen molar-refractivity contribution in [3.05, 3.63) is 30.0 Å². The largest absolute Gasteiger partial charge is 0.356 e. The lowest BCUT2D eigenvalue weighted by Crippen LogP contribution is -2.02. The van der Waals surface area contributed by atoms with Gasteiger partial charge >= 0.3 is 10.2 Å². The smallest absolute Gasteiger partial charge is 0.302 e. The van der Waals surface area contributed by atoms with Gasteiger partial charge in [-0.3, -0.25) is 0 Å². The normalized spacial score (nSPS) is 12.1. The maximum absolute atomic E-state index is 12.3. The minimum absolute atomic E-state index is 0.0237. The molecular formula is C9H8FNO3S. The quantitative estimate of drug-likeness (QED) is 0.751. The Morgan fingerprint density at radius 2 is 2.07 bits per heavy atom. The van der Waals surface area contributed by atoms with Crippen LogP contribution in [-0.4, -0.2) is 19.3 Å². The van der Waals surface area contributed by atoms with Gasteiger partial charge in [0, 0.05) is 11.8 Å². The van der Waals surface area contributed by atoms with E-state index in [1.165, 1.54) is 0 Å². The summed E-state index contributed by atoms with van der Waals surface area (Å²) < 4.78 is 37.9. The van der Waals surface area contributed by atoms with Crippen molar-refractivity contribution in [2.45, 2.75) is 6.42 Å². The van der Waals surface area contributed by atoms with Gasteiger partial charge in [0.2, 0.25) is 0 Å². The molecule has 0 radical (unpaired) electrons. The van der Waals surface area contributed by atoms with E-state index in [-0.39, 0.29) is 6.42 Å². The highest BCUT2D eigenvalue weighted by atomic mass is 32.3. The number of rotatable bonds is 3. The molecule has 1 aromatic carbocycles. The van der Waals surface area contributed by atoms with E-state index in [2.05, 4.69) is 5.16 Å². The predicted octanol–water partition coefficient (Wildman–Crippen LogP) is 1.67. The Morgan fingerprint density at radius 3 is 2.80 bits per heavy atom. The van der Waals surface area contributed by atoms with Crippen LogP contribution in [0.25, 0.3) is 11.0 Å². The molecular weight excluding hydrogens is 221 g/mol. The fourth-order valence-corrected chi connectivity index (χ4v) is 1.77. The summed E-state index contributed by atoms with van der Waals surface area (Å²) in [5.41, 5.74) is 1.04. The first kappa shape index (κ1) is 10.1. The molecule has 0 N–H and O–H groups in total. The molecule has 0 saturated heterocycles. The van der Waals surface area contributed by atoms with Crippen molar-refractivity contribution in [1.29, 1.82) is 0 Å². The Labute approximate surface area is 85.9 Å². The number of para-hydroxylation sites is 1. The second-order valence-corrected chi connectivity index (χ2v) is 4.60. The Kier molecular flexibility index (Phi) is 2.44. The zero-order valence-electron chi connectivity index (χ0n) is 7.68. The van der Waals surface area contributed by atoms with E-state index in [1.807, 2.05) is 0 Å². The number of aromatic nitrogens is 1. The standard InChI is InChI=1S/C9H8FNO3S/c10-15(12,13)6-5-8-7-3-1-2-4-9(7)14-11-8/h1-4H,5-6H2. The van der Waals surface area contributed by atoms with Crippen LogP contribution in [0.2, 0.25) is 0 Å². The van der Waals surface area contributed by atoms with Gasteiger partial charge in [-0.1, -0.05) is 17.3 Å². The van der Waals surface area contributed by atoms with E-state index in [0.717, 1.165) is 5.39 Å². The summed E-state index contributed by atoms with van der Waals surface area (Å²) in [4.78, 5) is 0. The molecule has 0 aliphatic carbocycles. The minimum atomic E-state index is -4.45. The van der Waals surface area contributed by atoms with Gasteiger partial charge in [0.15, 0.2) is 5.58 Å². The van der Waals surface area contributed by atoms with Crippen LogP contribution in [0.15, 0.2) is 28.8 Å². The highest BCUT2D eigenvalue weighted by Crippen LogP contribution is 2.18. The van der Waals surface area contributed by atoms with Crippen molar-refractivity contribution in [2.24, 2.45) is 0 Å². The summed E-state index contributed by atoms with van der Waals surface area (Å²) in [6, 6.07) is 7.04. The number of nitrogens with zero attached hydrogens (tertiary/aromatic N) is 1. The van der Waals surface area contributed by atoms with Crippen LogP contribution in [0.3, 0.4) is 0 Å². The molecule has 4 nitrogen and oxygen atoms in total. The SMILES string of the molecule is O=S(=O)(F)CCc1noc2ccccc12. The lowest BCUT2D eigenvalue weighted by Gasteiger charge is -1.92. The Morgan fingerprint density at radius 1 is 1.33 bits per heavy atom. The summed E-state index contributed by atoms with van der Waals surface area (Å²) in [5.74, 6) is -0.566. The van der Waals surface area contributed by atoms with Crippen molar-refractivity contribution < 1.29 is 16.8 Å². The average molecular weight is 229 g/mol. The zero-order valence-corrected chi connectivity index (χ0v) is 8.50. The molecule has 0 amide bonds. The van der Waals surface area contributed by atoms with Crippen molar-refractivity contribution in [3.8, 4) is 0 Å². The first-order valence-electron chi connectivity index (χ1n) is 4.32. The topological polar surface area (TPSA) is 60.2 Å². The predicted molar refractivity (Wildman–Crippen MR) is 52.6 cm³/mol. The fraction of sp³-hybridized carbons (Fsp3) is 0.222. The summed E-state index contributed by atoms with van der Waals surface area (Å²) in [6.45, 7) is 0. The van der Waals surface area contributed by atoms with Crippen LogP contribution in [0.1, 0.15) is 5.69 Å². The van der Waals surface area contributed by atoms with E-state index >= 15 is 0 Å². The lowest BCUT2D eigenvalue weighted by atomic mass is 10.2. The Balaban J connectivity index is 2.29. The van der Waals surface area contributed by atoms with Gasteiger partial charge in [-0.25, -0.2) is 0 Å². The number of benzene rings is 1. The number of aryl methyl sites for hydroxylation is 1. The molecule has 2 rings (SSSR count). The molecule has 0 bridgehead atoms. The van der Waals surface area contributed by atoms with Crippen molar-refractivity contribution in [1.82, 2.24) is 5.16 Å². The molecule has 0 saturated carbocycles. The third-order valence-corrected chi connectivity index (χ3v) is 2.73. The van der Waals surface area contributed by atoms with Crippen LogP contribution < -0.4 is 0 Å². The van der Waals surface area contributed by atoms with Gasteiger partial charge in [-0.2, -0.15) is 8.42 Å². The number of hydrogen-bond donors (Lipinski definition) is 0. The van der Waals surface area contributed by atoms with Gasteiger partial charge in [0.1, 0.15) is 0 Å². The minimum Gasteiger partial charge on any atom is -0.356 e. The van der Waals surface area contributed by atoms with Gasteiger partial charge in [-0.05, 0) is 12.1 Å². The summed E-state index contributed by atoms with van der Waals surface area (Å²) in [5, 5.41) is 4.42. The van der Waals surface area contributed by atoms with Crippen LogP contribution in [-0.2, 0) is 16.6 Å². The van der Waals surface area contributed by atoms with E-state index in [4.69, 9.17) is 4.52 Å². The third kappa shape index (κ3) is 2.33. The third-order valence-electron chi connectivity index (χ3n) is 2.03. The van der Waals surface area contributed by atoms with E-state index in [0.29, 0.717) is 11.3 Å². The molecule has 0 aliphatic rings. The van der Waals surface area contributed by atoms with Crippen LogP contribution in [0, 0.1) is 0 Å². The molecule has 15 heavy (non-hydrogen) atoms. The van der Waals surface area contributed by atoms with Gasteiger partial charge in [-0.15, -0.1) is 3.89 Å². The molecule has 1 heterocycles. The molecule has 0 aliphatic heterocycles. The first-order valence-corrected chi connectivity index (χ1v) is 5.87. The molecule has 1 aromatic heterocycles. The van der Waals surface area contributed by atoms with Gasteiger partial charge in [0.25, 0.3) is 0 Å². The molecule has 0 spiro atoms. The van der Waals surface area contributed by atoms with Crippen LogP contribution >= 0.6 is 0 Å². The average Bonchev–Trinajstić information content (AvgIpc) is 2.57. The number of hydrogen-bond acceptors (Lipinski definition) is 4. The molecule has 0 unspecified atom stereocenters. The second-order valence-electron chi connectivity index (χ2n) is 3.12. The van der Waals surface area contributed by atoms with Crippen LogP contribution in [0.5, 0.6) is 0 Å². The Hall–Kier alpha value is -1.43. The summed E-state index contributed by atoms with van der Waals surface area (Å²) in [6.07, 6.45) is 0.0237. The summed E-state index contributed by atoms with van der Waals surface area (Å²) >= 11 is 0. The van der Waals surface area contributed by atoms with Gasteiger partial charge in [0.05, 0.1) is 11.4 Å². The lowest BCUT2D eigenvalue weighted by molar-refractivity contribution is 0.447. The molecule has 0 fully saturated rings. The highest BCUT2D eigenvalue weighted by Gasteiger charge is 2.12. The molecule has 2 aromatic rings. The number of halogens is 1. The van der Waals surface area contributed by atoms with Gasteiger partial charge < -0.3 is 4.52 Å². The second kappa shape index (κ2) is 3.62. The fourth-order valence-electron chi connectivity index (χ4n) is 1.34. The molecule has 80 valence electrons. The molecule has 6 heteroatoms. The Bertz CT molecular complexity index is 576. The van der Waals surface area contributed by atoms with E-state index < -0.39 is 16.0 Å². The maximum atomic E-state index is 12.3. The number of fused-ring (bicyclic) bond motifs is 1. The first-order chi connectivity index (χ1) is 7.06. The van der Waals surface area contributed by atoms with Crippen LogP contribution in [0.4, 0.5) is 3.89 Å². The highest BCUT2D eigenvalue weighted by molar-refractivity contribution is 7.86. The monoisotopic (exact) mass is 229 g/mol. The van der Waals surface area contributed by atoms with Crippen molar-refractivity contribution in [3.63, 3.8) is 0 Å². The maximum Gasteiger partial charge on any atom is 0.302 e. The molecule has 0 atom stereocenters. The van der Waals surface area contributed by atoms with Crippen molar-refractivity contribution in [2.75, 3.05) is 5.75 Å². The van der Waals surface area contributed by atoms with E-state index in [9.17, 15) is 12.3 Å². The zero-order chi connectivity index (χ0) is 10.9. The summed E-state index contributed by atoms with van der Waals surface area (Å²) in [7, 11) is -4.45. The van der Waals surface area contributed by atoms with E-state index in [1.54, 1.807) is 24.3 Å². The van der Waals surface area contributed by atoms with Crippen molar-refractivity contribution >= 4 is 21.2 Å².